The van der Waals surface area contributed by atoms with E-state index in [1.54, 1.807) is 0 Å². The Labute approximate surface area is 49.5 Å². The van der Waals surface area contributed by atoms with E-state index in [4.69, 9.17) is 2.74 Å². The summed E-state index contributed by atoms with van der Waals surface area (Å²) in [6.07, 6.45) is -6.61. The van der Waals surface area contributed by atoms with Crippen LogP contribution >= 0.6 is 0 Å². The average Bonchev–Trinajstić information content (AvgIpc) is 1.59. The van der Waals surface area contributed by atoms with Gasteiger partial charge in [0.1, 0.15) is 0 Å². The summed E-state index contributed by atoms with van der Waals surface area (Å²) in [6, 6.07) is 0. The third kappa shape index (κ3) is 2.19. The molecule has 0 radical (unpaired) electrons. The molecule has 1 unspecified atom stereocenters. The van der Waals surface area contributed by atoms with Gasteiger partial charge in [0, 0.05) is 2.74 Å². The first-order chi connectivity index (χ1) is 4.15. The molecule has 0 aliphatic heterocycles. The highest BCUT2D eigenvalue weighted by Crippen LogP contribution is 2.27. The molecule has 0 nitrogen and oxygen atoms in total. The van der Waals surface area contributed by atoms with Crippen LogP contribution in [0.2, 0.25) is 0 Å². The minimum absolute atomic E-state index is 0.833. The van der Waals surface area contributed by atoms with Crippen molar-refractivity contribution in [3.63, 3.8) is 0 Å². The Bertz CT molecular complexity index is 99.0. The normalized spacial score (nSPS) is 21.6. The quantitative estimate of drug-likeness (QED) is 0.509. The van der Waals surface area contributed by atoms with Crippen LogP contribution < -0.4 is 0 Å². The molecule has 0 aromatic rings. The van der Waals surface area contributed by atoms with Gasteiger partial charge in [-0.05, 0) is 6.37 Å². The van der Waals surface area contributed by atoms with Crippen molar-refractivity contribution in [2.75, 3.05) is 0 Å². The zero-order valence-corrected chi connectivity index (χ0v) is 4.71. The van der Waals surface area contributed by atoms with Crippen LogP contribution in [0.15, 0.2) is 0 Å². The minimum atomic E-state index is -4.43. The largest absolute Gasteiger partial charge is 0.391 e. The summed E-state index contributed by atoms with van der Waals surface area (Å²) in [4.78, 5) is 0. The molecule has 0 spiro atoms. The Balaban J connectivity index is 4.23. The molecule has 50 valence electrons. The third-order valence-electron chi connectivity index (χ3n) is 0.924. The molecule has 0 aliphatic carbocycles. The summed E-state index contributed by atoms with van der Waals surface area (Å²) in [5.41, 5.74) is 0. The van der Waals surface area contributed by atoms with Gasteiger partial charge >= 0.3 is 6.18 Å². The second-order valence-corrected chi connectivity index (χ2v) is 1.55. The molecular formula is C5H9F3. The van der Waals surface area contributed by atoms with Gasteiger partial charge in [0.05, 0.1) is 5.92 Å². The predicted molar refractivity (Wildman–Crippen MR) is 25.5 cm³/mol. The second-order valence-electron chi connectivity index (χ2n) is 1.55. The Hall–Kier alpha value is -0.210. The summed E-state index contributed by atoms with van der Waals surface area (Å²) in [5.74, 6) is -1.90. The van der Waals surface area contributed by atoms with Crippen LogP contribution in [-0.4, -0.2) is 6.18 Å². The van der Waals surface area contributed by atoms with Crippen molar-refractivity contribution in [1.82, 2.24) is 0 Å². The molecular weight excluding hydrogens is 117 g/mol. The van der Waals surface area contributed by atoms with E-state index in [-0.39, 0.29) is 0 Å². The van der Waals surface area contributed by atoms with Gasteiger partial charge in [0.2, 0.25) is 0 Å². The SMILES string of the molecule is [2H]C([2H])(C)C(C)C(F)(F)F. The molecule has 8 heavy (non-hydrogen) atoms. The molecule has 0 rings (SSSR count). The Kier molecular flexibility index (Phi) is 1.38. The molecule has 3 heteroatoms. The van der Waals surface area contributed by atoms with Gasteiger partial charge in [-0.1, -0.05) is 13.8 Å². The molecule has 1 atom stereocenters. The summed E-state index contributed by atoms with van der Waals surface area (Å²) in [6.45, 7) is 1.76. The molecule has 0 fully saturated rings. The van der Waals surface area contributed by atoms with Crippen LogP contribution in [0.4, 0.5) is 13.2 Å². The van der Waals surface area contributed by atoms with E-state index in [1.165, 1.54) is 0 Å². The number of hydrogen-bond donors (Lipinski definition) is 0. The van der Waals surface area contributed by atoms with E-state index >= 15 is 0 Å². The second kappa shape index (κ2) is 2.37. The smallest absolute Gasteiger partial charge is 0.171 e. The van der Waals surface area contributed by atoms with Crippen LogP contribution in [0, 0.1) is 5.92 Å². The van der Waals surface area contributed by atoms with E-state index < -0.39 is 18.5 Å². The van der Waals surface area contributed by atoms with Crippen LogP contribution in [0.3, 0.4) is 0 Å². The van der Waals surface area contributed by atoms with E-state index in [0.29, 0.717) is 0 Å². The van der Waals surface area contributed by atoms with E-state index in [1.807, 2.05) is 0 Å². The fraction of sp³-hybridized carbons (Fsp3) is 1.00. The van der Waals surface area contributed by atoms with E-state index in [0.717, 1.165) is 13.8 Å². The van der Waals surface area contributed by atoms with Gasteiger partial charge < -0.3 is 0 Å². The molecule has 0 bridgehead atoms. The molecule has 0 amide bonds. The first kappa shape index (κ1) is 4.65. The Morgan fingerprint density at radius 3 is 2.00 bits per heavy atom. The molecule has 0 N–H and O–H groups in total. The van der Waals surface area contributed by atoms with Gasteiger partial charge in [-0.2, -0.15) is 13.2 Å². The van der Waals surface area contributed by atoms with Gasteiger partial charge in [0.25, 0.3) is 0 Å². The standard InChI is InChI=1S/C5H9F3/c1-3-4(2)5(6,7)8/h4H,3H2,1-2H3/i3D2. The fourth-order valence-electron chi connectivity index (χ4n) is 0.164. The lowest BCUT2D eigenvalue weighted by molar-refractivity contribution is -0.170. The van der Waals surface area contributed by atoms with Crippen molar-refractivity contribution >= 4 is 0 Å². The fourth-order valence-corrected chi connectivity index (χ4v) is 0.164. The molecule has 0 saturated carbocycles. The number of halogens is 3. The summed E-state index contributed by atoms with van der Waals surface area (Å²) >= 11 is 0. The Morgan fingerprint density at radius 2 is 2.00 bits per heavy atom. The highest BCUT2D eigenvalue weighted by molar-refractivity contribution is 4.58. The van der Waals surface area contributed by atoms with Crippen molar-refractivity contribution in [3.8, 4) is 0 Å². The zero-order valence-electron chi connectivity index (χ0n) is 6.71. The van der Waals surface area contributed by atoms with Crippen molar-refractivity contribution < 1.29 is 15.9 Å². The van der Waals surface area contributed by atoms with Gasteiger partial charge in [0.15, 0.2) is 0 Å². The number of alkyl halides is 3. The summed E-state index contributed by atoms with van der Waals surface area (Å²) in [5, 5.41) is 0. The highest BCUT2D eigenvalue weighted by atomic mass is 19.4. The number of hydrogen-bond acceptors (Lipinski definition) is 0. The molecule has 0 aliphatic rings. The minimum Gasteiger partial charge on any atom is -0.171 e. The lowest BCUT2D eigenvalue weighted by atomic mass is 10.1. The maximum Gasteiger partial charge on any atom is 0.391 e. The van der Waals surface area contributed by atoms with Crippen molar-refractivity contribution in [2.45, 2.75) is 26.4 Å². The first-order valence-corrected chi connectivity index (χ1v) is 2.22. The molecule has 0 aromatic heterocycles. The van der Waals surface area contributed by atoms with Crippen LogP contribution in [0.25, 0.3) is 0 Å². The van der Waals surface area contributed by atoms with Crippen molar-refractivity contribution in [1.29, 1.82) is 0 Å². The van der Waals surface area contributed by atoms with Gasteiger partial charge in [-0.25, -0.2) is 0 Å². The van der Waals surface area contributed by atoms with Gasteiger partial charge in [-0.15, -0.1) is 0 Å². The topological polar surface area (TPSA) is 0 Å². The van der Waals surface area contributed by atoms with Crippen LogP contribution in [0.1, 0.15) is 23.0 Å². The monoisotopic (exact) mass is 128 g/mol. The molecule has 0 heterocycles. The molecule has 0 saturated heterocycles. The third-order valence-corrected chi connectivity index (χ3v) is 0.924. The van der Waals surface area contributed by atoms with Gasteiger partial charge in [-0.3, -0.25) is 0 Å². The lowest BCUT2D eigenvalue weighted by Gasteiger charge is -2.11. The summed E-state index contributed by atoms with van der Waals surface area (Å²) in [7, 11) is 0. The zero-order chi connectivity index (χ0) is 8.58. The first-order valence-electron chi connectivity index (χ1n) is 3.22. The van der Waals surface area contributed by atoms with Crippen molar-refractivity contribution in [3.05, 3.63) is 0 Å². The lowest BCUT2D eigenvalue weighted by Crippen LogP contribution is -2.18. The maximum absolute atomic E-state index is 11.7. The van der Waals surface area contributed by atoms with Crippen LogP contribution in [-0.2, 0) is 0 Å². The van der Waals surface area contributed by atoms with E-state index in [9.17, 15) is 13.2 Å². The average molecular weight is 128 g/mol. The summed E-state index contributed by atoms with van der Waals surface area (Å²) < 4.78 is 48.6. The predicted octanol–water partition coefficient (Wildman–Crippen LogP) is 2.59. The number of rotatable bonds is 1. The Morgan fingerprint density at radius 1 is 1.62 bits per heavy atom. The van der Waals surface area contributed by atoms with E-state index in [2.05, 4.69) is 0 Å². The van der Waals surface area contributed by atoms with Crippen molar-refractivity contribution in [2.24, 2.45) is 5.92 Å². The maximum atomic E-state index is 11.7. The molecule has 0 aromatic carbocycles. The van der Waals surface area contributed by atoms with Crippen LogP contribution in [0.5, 0.6) is 0 Å². The highest BCUT2D eigenvalue weighted by Gasteiger charge is 2.33.